The van der Waals surface area contributed by atoms with Crippen molar-refractivity contribution in [2.75, 3.05) is 39.4 Å². The van der Waals surface area contributed by atoms with Crippen LogP contribution in [0.15, 0.2) is 12.3 Å². The molecule has 3 aliphatic rings. The molecule has 0 aromatic carbocycles. The third-order valence-corrected chi connectivity index (χ3v) is 5.60. The van der Waals surface area contributed by atoms with Crippen LogP contribution in [0, 0.1) is 0 Å². The lowest BCUT2D eigenvalue weighted by molar-refractivity contribution is -0.107. The molecule has 0 spiro atoms. The molecule has 1 amide bonds. The van der Waals surface area contributed by atoms with Crippen LogP contribution in [0.5, 0.6) is 0 Å². The second-order valence-electron chi connectivity index (χ2n) is 7.37. The molecule has 7 nitrogen and oxygen atoms in total. The summed E-state index contributed by atoms with van der Waals surface area (Å²) in [6.45, 7) is 4.08. The number of amides is 1. The van der Waals surface area contributed by atoms with Crippen molar-refractivity contribution < 1.29 is 19.1 Å². The lowest BCUT2D eigenvalue weighted by Crippen LogP contribution is -2.49. The summed E-state index contributed by atoms with van der Waals surface area (Å²) in [5, 5.41) is 0. The molecular formula is C19H27N3O4. The molecule has 1 aromatic rings. The second kappa shape index (κ2) is 7.90. The summed E-state index contributed by atoms with van der Waals surface area (Å²) >= 11 is 0. The molecule has 1 N–H and O–H groups in total. The van der Waals surface area contributed by atoms with E-state index in [2.05, 4.69) is 9.88 Å². The van der Waals surface area contributed by atoms with Crippen LogP contribution in [0.2, 0.25) is 0 Å². The Hall–Kier alpha value is -1.70. The van der Waals surface area contributed by atoms with Crippen molar-refractivity contribution in [3.8, 4) is 0 Å². The molecule has 4 heterocycles. The summed E-state index contributed by atoms with van der Waals surface area (Å²) in [5.41, 5.74) is 1.08. The molecule has 0 bridgehead atoms. The van der Waals surface area contributed by atoms with E-state index in [4.69, 9.17) is 9.47 Å². The van der Waals surface area contributed by atoms with Gasteiger partial charge in [0.25, 0.3) is 5.91 Å². The molecule has 4 rings (SSSR count). The molecule has 3 aliphatic heterocycles. The maximum atomic E-state index is 12.8. The molecule has 7 heteroatoms. The van der Waals surface area contributed by atoms with Gasteiger partial charge in [-0.15, -0.1) is 0 Å². The number of ketones is 1. The number of likely N-dealkylation sites (tertiary alicyclic amines) is 2. The van der Waals surface area contributed by atoms with Gasteiger partial charge in [-0.05, 0) is 38.3 Å². The largest absolute Gasteiger partial charge is 0.356 e. The number of aromatic nitrogens is 1. The third-order valence-electron chi connectivity index (χ3n) is 5.60. The molecule has 0 saturated carbocycles. The smallest absolute Gasteiger partial charge is 0.270 e. The molecule has 142 valence electrons. The van der Waals surface area contributed by atoms with Crippen LogP contribution in [0.3, 0.4) is 0 Å². The van der Waals surface area contributed by atoms with Crippen molar-refractivity contribution >= 4 is 11.7 Å². The van der Waals surface area contributed by atoms with Gasteiger partial charge in [0, 0.05) is 24.8 Å². The van der Waals surface area contributed by atoms with Gasteiger partial charge in [0.15, 0.2) is 12.1 Å². The van der Waals surface area contributed by atoms with Crippen LogP contribution >= 0.6 is 0 Å². The number of hydrogen-bond acceptors (Lipinski definition) is 5. The Kier molecular flexibility index (Phi) is 5.38. The van der Waals surface area contributed by atoms with E-state index in [0.717, 1.165) is 51.7 Å². The number of H-pyrrole nitrogens is 1. The first-order chi connectivity index (χ1) is 12.7. The monoisotopic (exact) mass is 361 g/mol. The number of carbonyl (C=O) groups excluding carboxylic acids is 2. The van der Waals surface area contributed by atoms with E-state index in [1.165, 1.54) is 0 Å². The third kappa shape index (κ3) is 3.70. The van der Waals surface area contributed by atoms with Gasteiger partial charge >= 0.3 is 0 Å². The van der Waals surface area contributed by atoms with Crippen molar-refractivity contribution in [1.29, 1.82) is 0 Å². The van der Waals surface area contributed by atoms with Gasteiger partial charge in [0.05, 0.1) is 25.8 Å². The van der Waals surface area contributed by atoms with Crippen molar-refractivity contribution in [2.45, 2.75) is 44.4 Å². The van der Waals surface area contributed by atoms with Gasteiger partial charge in [-0.1, -0.05) is 6.42 Å². The molecule has 3 saturated heterocycles. The number of Topliss-reactive ketones (excluding diaryl/α,β-unsaturated/α-hetero) is 1. The van der Waals surface area contributed by atoms with Crippen LogP contribution in [-0.2, 0) is 9.47 Å². The van der Waals surface area contributed by atoms with E-state index >= 15 is 0 Å². The van der Waals surface area contributed by atoms with Crippen molar-refractivity contribution in [3.63, 3.8) is 0 Å². The SMILES string of the molecule is O=C(CN1CCCCC1C1OCCO1)c1c[nH]c(C(=O)N2CCCC2)c1. The zero-order valence-corrected chi connectivity index (χ0v) is 15.1. The molecule has 0 radical (unpaired) electrons. The Morgan fingerprint density at radius 3 is 2.58 bits per heavy atom. The Balaban J connectivity index is 1.40. The maximum Gasteiger partial charge on any atom is 0.270 e. The van der Waals surface area contributed by atoms with Crippen LogP contribution in [-0.4, -0.2) is 78.2 Å². The molecule has 1 unspecified atom stereocenters. The topological polar surface area (TPSA) is 74.9 Å². The molecule has 0 aliphatic carbocycles. The molecule has 3 fully saturated rings. The number of nitrogens with one attached hydrogen (secondary N) is 1. The Morgan fingerprint density at radius 1 is 1.08 bits per heavy atom. The van der Waals surface area contributed by atoms with E-state index in [0.29, 0.717) is 31.0 Å². The first-order valence-electron chi connectivity index (χ1n) is 9.70. The van der Waals surface area contributed by atoms with E-state index in [9.17, 15) is 9.59 Å². The summed E-state index contributed by atoms with van der Waals surface area (Å²) in [5.74, 6) is 0.0248. The number of carbonyl (C=O) groups is 2. The van der Waals surface area contributed by atoms with Crippen LogP contribution in [0.4, 0.5) is 0 Å². The minimum atomic E-state index is -0.221. The second-order valence-corrected chi connectivity index (χ2v) is 7.37. The molecule has 1 aromatic heterocycles. The summed E-state index contributed by atoms with van der Waals surface area (Å²) in [4.78, 5) is 32.2. The fourth-order valence-corrected chi connectivity index (χ4v) is 4.17. The zero-order valence-electron chi connectivity index (χ0n) is 15.1. The fraction of sp³-hybridized carbons (Fsp3) is 0.684. The predicted molar refractivity (Wildman–Crippen MR) is 95.2 cm³/mol. The first kappa shape index (κ1) is 17.7. The minimum absolute atomic E-state index is 0.00912. The van der Waals surface area contributed by atoms with E-state index in [1.807, 2.05) is 4.90 Å². The lowest BCUT2D eigenvalue weighted by atomic mass is 10.0. The Labute approximate surface area is 153 Å². The maximum absolute atomic E-state index is 12.8. The molecule has 1 atom stereocenters. The summed E-state index contributed by atoms with van der Waals surface area (Å²) < 4.78 is 11.3. The summed E-state index contributed by atoms with van der Waals surface area (Å²) in [7, 11) is 0. The Morgan fingerprint density at radius 2 is 1.81 bits per heavy atom. The van der Waals surface area contributed by atoms with Gasteiger partial charge in [0.1, 0.15) is 5.69 Å². The van der Waals surface area contributed by atoms with Crippen molar-refractivity contribution in [1.82, 2.24) is 14.8 Å². The van der Waals surface area contributed by atoms with E-state index in [-0.39, 0.29) is 24.0 Å². The normalized spacial score (nSPS) is 25.1. The average molecular weight is 361 g/mol. The van der Waals surface area contributed by atoms with Crippen molar-refractivity contribution in [3.05, 3.63) is 23.5 Å². The van der Waals surface area contributed by atoms with Crippen molar-refractivity contribution in [2.24, 2.45) is 0 Å². The standard InChI is InChI=1S/C19H27N3O4/c23-17(13-22-8-2-1-5-16(22)19-25-9-10-26-19)14-11-15(20-12-14)18(24)21-6-3-4-7-21/h11-12,16,19-20H,1-10,13H2. The summed E-state index contributed by atoms with van der Waals surface area (Å²) in [6.07, 6.45) is 6.76. The van der Waals surface area contributed by atoms with E-state index < -0.39 is 0 Å². The number of aromatic amines is 1. The number of nitrogens with zero attached hydrogens (tertiary/aromatic N) is 2. The highest BCUT2D eigenvalue weighted by atomic mass is 16.7. The Bertz CT molecular complexity index is 647. The van der Waals surface area contributed by atoms with E-state index in [1.54, 1.807) is 12.3 Å². The van der Waals surface area contributed by atoms with Crippen LogP contribution in [0.1, 0.15) is 53.0 Å². The van der Waals surface area contributed by atoms with Gasteiger partial charge in [0.2, 0.25) is 0 Å². The van der Waals surface area contributed by atoms with Gasteiger partial charge in [-0.2, -0.15) is 0 Å². The highest BCUT2D eigenvalue weighted by molar-refractivity contribution is 6.01. The highest BCUT2D eigenvalue weighted by Gasteiger charge is 2.34. The number of hydrogen-bond donors (Lipinski definition) is 1. The van der Waals surface area contributed by atoms with Crippen LogP contribution in [0.25, 0.3) is 0 Å². The van der Waals surface area contributed by atoms with Gasteiger partial charge in [-0.3, -0.25) is 14.5 Å². The number of ether oxygens (including phenoxy) is 2. The number of rotatable bonds is 5. The molecular weight excluding hydrogens is 334 g/mol. The van der Waals surface area contributed by atoms with Crippen LogP contribution < -0.4 is 0 Å². The lowest BCUT2D eigenvalue weighted by Gasteiger charge is -2.37. The highest BCUT2D eigenvalue weighted by Crippen LogP contribution is 2.24. The first-order valence-corrected chi connectivity index (χ1v) is 9.70. The minimum Gasteiger partial charge on any atom is -0.356 e. The summed E-state index contributed by atoms with van der Waals surface area (Å²) in [6, 6.07) is 1.84. The number of piperidine rings is 1. The molecule has 26 heavy (non-hydrogen) atoms. The quantitative estimate of drug-likeness (QED) is 0.808. The zero-order chi connectivity index (χ0) is 17.9. The average Bonchev–Trinajstić information content (AvgIpc) is 3.44. The van der Waals surface area contributed by atoms with Gasteiger partial charge < -0.3 is 19.4 Å². The van der Waals surface area contributed by atoms with Gasteiger partial charge in [-0.25, -0.2) is 0 Å². The predicted octanol–water partition coefficient (Wildman–Crippen LogP) is 1.66. The fourth-order valence-electron chi connectivity index (χ4n) is 4.17.